The van der Waals surface area contributed by atoms with Crippen LogP contribution in [-0.2, 0) is 17.8 Å². The summed E-state index contributed by atoms with van der Waals surface area (Å²) in [6.07, 6.45) is -3.28. The number of halogens is 5. The third kappa shape index (κ3) is 9.18. The van der Waals surface area contributed by atoms with E-state index in [9.17, 15) is 9.18 Å². The van der Waals surface area contributed by atoms with E-state index in [1.165, 1.54) is 13.0 Å². The van der Waals surface area contributed by atoms with Crippen LogP contribution in [0, 0.1) is 18.6 Å². The van der Waals surface area contributed by atoms with Crippen molar-refractivity contribution in [1.29, 1.82) is 0 Å². The van der Waals surface area contributed by atoms with Gasteiger partial charge in [0.05, 0.1) is 37.5 Å². The summed E-state index contributed by atoms with van der Waals surface area (Å²) in [5.74, 6) is -0.690. The number of methoxy groups -OCH3 is 2. The molecular formula is C52H60F5N7O6. The second kappa shape index (κ2) is 19.2. The smallest absolute Gasteiger partial charge is 0.410 e. The monoisotopic (exact) mass is 973 g/mol. The number of pyridine rings is 1. The molecule has 3 saturated heterocycles. The molecule has 0 aliphatic carbocycles. The van der Waals surface area contributed by atoms with Gasteiger partial charge in [-0.05, 0) is 107 Å². The zero-order chi connectivity index (χ0) is 49.8. The zero-order valence-corrected chi connectivity index (χ0v) is 40.8. The van der Waals surface area contributed by atoms with Gasteiger partial charge in [0.2, 0.25) is 5.88 Å². The number of benzene rings is 3. The van der Waals surface area contributed by atoms with E-state index in [2.05, 4.69) is 9.88 Å². The third-order valence-corrected chi connectivity index (χ3v) is 14.2. The van der Waals surface area contributed by atoms with Crippen LogP contribution in [0.4, 0.5) is 38.3 Å². The lowest BCUT2D eigenvalue weighted by Gasteiger charge is -2.48. The normalized spacial score (nSPS) is 22.1. The van der Waals surface area contributed by atoms with E-state index in [4.69, 9.17) is 33.7 Å². The zero-order valence-electron chi connectivity index (χ0n) is 40.8. The molecule has 0 unspecified atom stereocenters. The summed E-state index contributed by atoms with van der Waals surface area (Å²) in [7, 11) is 3.09. The van der Waals surface area contributed by atoms with Crippen LogP contribution < -0.4 is 28.7 Å². The molecule has 4 aliphatic rings. The Labute approximate surface area is 404 Å². The number of ether oxygens (including phenoxy) is 5. The van der Waals surface area contributed by atoms with Crippen LogP contribution in [0.15, 0.2) is 54.6 Å². The average Bonchev–Trinajstić information content (AvgIpc) is 3.83. The first-order valence-corrected chi connectivity index (χ1v) is 23.9. The number of nitrogens with zero attached hydrogens (tertiary/aromatic N) is 7. The number of piperazine rings is 1. The van der Waals surface area contributed by atoms with Crippen molar-refractivity contribution >= 4 is 28.5 Å². The van der Waals surface area contributed by atoms with Crippen LogP contribution in [0.5, 0.6) is 23.4 Å². The van der Waals surface area contributed by atoms with E-state index >= 15 is 17.6 Å². The average molecular weight is 974 g/mol. The van der Waals surface area contributed by atoms with Crippen molar-refractivity contribution in [2.24, 2.45) is 0 Å². The molecule has 3 fully saturated rings. The lowest BCUT2D eigenvalue weighted by molar-refractivity contribution is 0.000904. The van der Waals surface area contributed by atoms with Crippen LogP contribution in [0.3, 0.4) is 0 Å². The van der Waals surface area contributed by atoms with Crippen LogP contribution in [0.2, 0.25) is 0 Å². The molecule has 5 atom stereocenters. The van der Waals surface area contributed by atoms with Gasteiger partial charge in [-0.25, -0.2) is 31.7 Å². The minimum Gasteiger partial charge on any atom is -0.497 e. The van der Waals surface area contributed by atoms with Crippen molar-refractivity contribution in [2.45, 2.75) is 122 Å². The number of anilines is 2. The van der Waals surface area contributed by atoms with E-state index in [1.54, 1.807) is 76.0 Å². The SMILES string of the molecule is CC[C@H]1[C@H]2[C@H](C)Oc3nc(-c4cc(N(Cc5ccc(OC)cc5)Cc5ccc(OC)cc5)c(F)c(C)c4C(F)F)c(F)c4nc(OC[C@@]56CCCN5C[C@H](F)C6)nc(c34)N2CCN1C(=O)OC(C)(C)C. The molecule has 0 radical (unpaired) electrons. The summed E-state index contributed by atoms with van der Waals surface area (Å²) in [4.78, 5) is 35.4. The molecule has 6 heterocycles. The molecule has 0 bridgehead atoms. The van der Waals surface area contributed by atoms with Crippen molar-refractivity contribution in [3.63, 3.8) is 0 Å². The van der Waals surface area contributed by atoms with Gasteiger partial charge >= 0.3 is 12.1 Å². The molecule has 0 saturated carbocycles. The van der Waals surface area contributed by atoms with E-state index in [0.717, 1.165) is 17.5 Å². The van der Waals surface area contributed by atoms with Gasteiger partial charge in [0.1, 0.15) is 64.2 Å². The fraction of sp³-hybridized carbons (Fsp3) is 0.500. The Balaban J connectivity index is 1.21. The maximum atomic E-state index is 18.0. The molecule has 70 heavy (non-hydrogen) atoms. The number of amides is 1. The maximum Gasteiger partial charge on any atom is 0.410 e. The van der Waals surface area contributed by atoms with E-state index in [-0.39, 0.29) is 91.2 Å². The topological polar surface area (TPSA) is 115 Å². The highest BCUT2D eigenvalue weighted by molar-refractivity contribution is 5.98. The molecule has 4 aliphatic heterocycles. The number of alkyl halides is 3. The first-order valence-electron chi connectivity index (χ1n) is 23.9. The van der Waals surface area contributed by atoms with Crippen molar-refractivity contribution < 1.29 is 50.4 Å². The Hall–Kier alpha value is -6.17. The molecule has 13 nitrogen and oxygen atoms in total. The first kappa shape index (κ1) is 48.8. The number of aromatic nitrogens is 3. The fourth-order valence-corrected chi connectivity index (χ4v) is 10.9. The predicted octanol–water partition coefficient (Wildman–Crippen LogP) is 10.4. The van der Waals surface area contributed by atoms with Gasteiger partial charge < -0.3 is 38.4 Å². The third-order valence-electron chi connectivity index (χ3n) is 14.2. The number of hydrogen-bond donors (Lipinski definition) is 0. The van der Waals surface area contributed by atoms with Gasteiger partial charge in [0.15, 0.2) is 5.82 Å². The maximum absolute atomic E-state index is 18.0. The summed E-state index contributed by atoms with van der Waals surface area (Å²) in [5, 5.41) is 0.0761. The number of rotatable bonds is 13. The lowest BCUT2D eigenvalue weighted by atomic mass is 9.94. The second-order valence-electron chi connectivity index (χ2n) is 19.8. The Morgan fingerprint density at radius 2 is 1.60 bits per heavy atom. The fourth-order valence-electron chi connectivity index (χ4n) is 10.9. The van der Waals surface area contributed by atoms with Gasteiger partial charge in [-0.15, -0.1) is 0 Å². The number of fused-ring (bicyclic) bond motifs is 3. The Morgan fingerprint density at radius 3 is 2.20 bits per heavy atom. The van der Waals surface area contributed by atoms with E-state index in [0.29, 0.717) is 30.9 Å². The summed E-state index contributed by atoms with van der Waals surface area (Å²) >= 11 is 0. The van der Waals surface area contributed by atoms with E-state index in [1.807, 2.05) is 36.1 Å². The van der Waals surface area contributed by atoms with Crippen molar-refractivity contribution in [3.8, 4) is 34.6 Å². The highest BCUT2D eigenvalue weighted by Gasteiger charge is 2.50. The molecule has 9 rings (SSSR count). The van der Waals surface area contributed by atoms with Crippen LogP contribution in [0.25, 0.3) is 22.2 Å². The minimum absolute atomic E-state index is 0.0272. The molecule has 18 heteroatoms. The van der Waals surface area contributed by atoms with Crippen molar-refractivity contribution in [1.82, 2.24) is 24.8 Å². The predicted molar refractivity (Wildman–Crippen MR) is 255 cm³/mol. The molecule has 0 N–H and O–H groups in total. The summed E-state index contributed by atoms with van der Waals surface area (Å²) in [5.41, 5.74) is -2.31. The van der Waals surface area contributed by atoms with Crippen LogP contribution in [-0.4, -0.2) is 113 Å². The summed E-state index contributed by atoms with van der Waals surface area (Å²) in [6, 6.07) is 14.3. The summed E-state index contributed by atoms with van der Waals surface area (Å²) < 4.78 is 111. The number of hydrogen-bond acceptors (Lipinski definition) is 12. The first-order chi connectivity index (χ1) is 33.4. The van der Waals surface area contributed by atoms with Crippen molar-refractivity contribution in [3.05, 3.63) is 88.5 Å². The number of carbonyl (C=O) groups excluding carboxylic acids is 1. The highest BCUT2D eigenvalue weighted by atomic mass is 19.3. The summed E-state index contributed by atoms with van der Waals surface area (Å²) in [6.45, 7) is 12.1. The molecule has 0 spiro atoms. The molecule has 2 aromatic heterocycles. The van der Waals surface area contributed by atoms with Gasteiger partial charge in [0, 0.05) is 50.3 Å². The molecule has 1 amide bonds. The van der Waals surface area contributed by atoms with Gasteiger partial charge in [-0.2, -0.15) is 9.97 Å². The van der Waals surface area contributed by atoms with Gasteiger partial charge in [-0.3, -0.25) is 4.90 Å². The Morgan fingerprint density at radius 1 is 0.943 bits per heavy atom. The number of carbonyl (C=O) groups is 1. The van der Waals surface area contributed by atoms with Crippen LogP contribution >= 0.6 is 0 Å². The lowest BCUT2D eigenvalue weighted by Crippen LogP contribution is -2.65. The Kier molecular flexibility index (Phi) is 13.4. The van der Waals surface area contributed by atoms with Crippen molar-refractivity contribution in [2.75, 3.05) is 56.8 Å². The molecular weight excluding hydrogens is 914 g/mol. The Bertz CT molecular complexity index is 2700. The largest absolute Gasteiger partial charge is 0.497 e. The minimum atomic E-state index is -3.26. The van der Waals surface area contributed by atoms with E-state index < -0.39 is 70.9 Å². The quantitative estimate of drug-likeness (QED) is 0.105. The standard InChI is InChI=1S/C52H60F5N7O6/c1-9-37-45-30(3)69-48-40-44(59-49(68-28-52-19-10-20-62(52)27-33(53)24-52)60-47(40)64(45)22-21-63(37)50(65)70-51(4,5)6)42(55)43(58-48)36-23-38(41(54)29(2)39(36)46(56)57)61(25-31-11-15-34(66-7)16-12-31)26-32-13-17-35(67-8)18-14-32/h11-18,23,30,33,37,45-46H,9-10,19-22,24-28H2,1-8H3/t30-,33+,37-,45+,52-/m0/s1. The highest BCUT2D eigenvalue weighted by Crippen LogP contribution is 2.47. The van der Waals surface area contributed by atoms with Crippen LogP contribution in [0.1, 0.15) is 89.0 Å². The molecule has 374 valence electrons. The van der Waals surface area contributed by atoms with Gasteiger partial charge in [0.25, 0.3) is 6.43 Å². The molecule has 5 aromatic rings. The molecule has 3 aromatic carbocycles. The van der Waals surface area contributed by atoms with Gasteiger partial charge in [-0.1, -0.05) is 31.2 Å². The second-order valence-corrected chi connectivity index (χ2v) is 19.8.